The number of imidazole rings is 1. The van der Waals surface area contributed by atoms with E-state index in [1.165, 1.54) is 12.3 Å². The summed E-state index contributed by atoms with van der Waals surface area (Å²) in [5.41, 5.74) is 2.71. The van der Waals surface area contributed by atoms with Crippen LogP contribution in [-0.2, 0) is 9.84 Å². The molecule has 0 atom stereocenters. The first-order valence-corrected chi connectivity index (χ1v) is 8.19. The largest absolute Gasteiger partial charge is 0.297 e. The Balaban J connectivity index is 2.05. The maximum Gasteiger partial charge on any atom is 0.192 e. The Morgan fingerprint density at radius 2 is 1.76 bits per heavy atom. The molecule has 3 aromatic rings. The minimum Gasteiger partial charge on any atom is -0.297 e. The molecule has 2 aromatic heterocycles. The van der Waals surface area contributed by atoms with Crippen molar-refractivity contribution in [3.63, 3.8) is 0 Å². The highest BCUT2D eigenvalue weighted by Crippen LogP contribution is 2.22. The van der Waals surface area contributed by atoms with Crippen molar-refractivity contribution in [3.05, 3.63) is 61.2 Å². The SMILES string of the molecule is CS(=O)(=O)c1ccc(-n2cncc2-c2ccccc2)cn1. The maximum atomic E-state index is 11.4. The number of pyridine rings is 1. The number of rotatable bonds is 3. The quantitative estimate of drug-likeness (QED) is 0.744. The Kier molecular flexibility index (Phi) is 3.31. The lowest BCUT2D eigenvalue weighted by molar-refractivity contribution is 0.598. The van der Waals surface area contributed by atoms with Crippen LogP contribution < -0.4 is 0 Å². The summed E-state index contributed by atoms with van der Waals surface area (Å²) in [7, 11) is -3.29. The fraction of sp³-hybridized carbons (Fsp3) is 0.0667. The molecule has 106 valence electrons. The minimum absolute atomic E-state index is 0.0626. The van der Waals surface area contributed by atoms with Crippen LogP contribution in [0.25, 0.3) is 16.9 Å². The third-order valence-corrected chi connectivity index (χ3v) is 4.09. The van der Waals surface area contributed by atoms with Gasteiger partial charge < -0.3 is 0 Å². The zero-order valence-corrected chi connectivity index (χ0v) is 12.2. The van der Waals surface area contributed by atoms with Crippen molar-refractivity contribution in [1.82, 2.24) is 14.5 Å². The number of benzene rings is 1. The monoisotopic (exact) mass is 299 g/mol. The van der Waals surface area contributed by atoms with Gasteiger partial charge in [-0.05, 0) is 12.1 Å². The minimum atomic E-state index is -3.29. The fourth-order valence-electron chi connectivity index (χ4n) is 2.06. The lowest BCUT2D eigenvalue weighted by atomic mass is 10.1. The van der Waals surface area contributed by atoms with Gasteiger partial charge in [-0.1, -0.05) is 30.3 Å². The van der Waals surface area contributed by atoms with Gasteiger partial charge in [0.1, 0.15) is 0 Å². The van der Waals surface area contributed by atoms with Gasteiger partial charge in [-0.15, -0.1) is 0 Å². The molecule has 0 amide bonds. The zero-order chi connectivity index (χ0) is 14.9. The van der Waals surface area contributed by atoms with Gasteiger partial charge in [0.05, 0.1) is 30.1 Å². The summed E-state index contributed by atoms with van der Waals surface area (Å²) < 4.78 is 24.7. The lowest BCUT2D eigenvalue weighted by Gasteiger charge is -2.08. The van der Waals surface area contributed by atoms with E-state index < -0.39 is 9.84 Å². The fourth-order valence-corrected chi connectivity index (χ4v) is 2.62. The molecule has 1 aromatic carbocycles. The number of hydrogen-bond donors (Lipinski definition) is 0. The molecule has 0 aliphatic rings. The average molecular weight is 299 g/mol. The number of sulfone groups is 1. The Bertz CT molecular complexity index is 853. The Morgan fingerprint density at radius 3 is 2.38 bits per heavy atom. The van der Waals surface area contributed by atoms with Crippen molar-refractivity contribution < 1.29 is 8.42 Å². The molecule has 2 heterocycles. The van der Waals surface area contributed by atoms with Gasteiger partial charge in [-0.3, -0.25) is 4.57 Å². The first-order valence-electron chi connectivity index (χ1n) is 6.30. The number of aromatic nitrogens is 3. The predicted molar refractivity (Wildman–Crippen MR) is 79.9 cm³/mol. The van der Waals surface area contributed by atoms with Crippen molar-refractivity contribution >= 4 is 9.84 Å². The summed E-state index contributed by atoms with van der Waals surface area (Å²) in [6.45, 7) is 0. The molecule has 3 rings (SSSR count). The van der Waals surface area contributed by atoms with Gasteiger partial charge in [-0.2, -0.15) is 0 Å². The molecule has 0 saturated heterocycles. The summed E-state index contributed by atoms with van der Waals surface area (Å²) in [5, 5.41) is 0.0626. The second-order valence-electron chi connectivity index (χ2n) is 4.64. The van der Waals surface area contributed by atoms with Gasteiger partial charge in [0.15, 0.2) is 14.9 Å². The van der Waals surface area contributed by atoms with Crippen LogP contribution in [0.2, 0.25) is 0 Å². The van der Waals surface area contributed by atoms with Crippen LogP contribution in [0.5, 0.6) is 0 Å². The highest BCUT2D eigenvalue weighted by atomic mass is 32.2. The highest BCUT2D eigenvalue weighted by molar-refractivity contribution is 7.90. The summed E-state index contributed by atoms with van der Waals surface area (Å²) in [4.78, 5) is 8.17. The Morgan fingerprint density at radius 1 is 1.00 bits per heavy atom. The summed E-state index contributed by atoms with van der Waals surface area (Å²) >= 11 is 0. The van der Waals surface area contributed by atoms with E-state index in [-0.39, 0.29) is 5.03 Å². The van der Waals surface area contributed by atoms with E-state index in [1.54, 1.807) is 18.6 Å². The van der Waals surface area contributed by atoms with Crippen molar-refractivity contribution in [1.29, 1.82) is 0 Å². The predicted octanol–water partition coefficient (Wildman–Crippen LogP) is 2.34. The second kappa shape index (κ2) is 5.14. The maximum absolute atomic E-state index is 11.4. The molecule has 0 aliphatic heterocycles. The molecule has 21 heavy (non-hydrogen) atoms. The van der Waals surface area contributed by atoms with E-state index in [9.17, 15) is 8.42 Å². The molecule has 0 aliphatic carbocycles. The van der Waals surface area contributed by atoms with Crippen LogP contribution in [0.4, 0.5) is 0 Å². The van der Waals surface area contributed by atoms with E-state index in [0.29, 0.717) is 0 Å². The molecule has 0 spiro atoms. The van der Waals surface area contributed by atoms with E-state index in [1.807, 2.05) is 34.9 Å². The van der Waals surface area contributed by atoms with Crippen LogP contribution in [0, 0.1) is 0 Å². The summed E-state index contributed by atoms with van der Waals surface area (Å²) in [6.07, 6.45) is 6.12. The van der Waals surface area contributed by atoms with Crippen LogP contribution in [-0.4, -0.2) is 29.2 Å². The van der Waals surface area contributed by atoms with Crippen LogP contribution >= 0.6 is 0 Å². The van der Waals surface area contributed by atoms with Gasteiger partial charge in [0.25, 0.3) is 0 Å². The highest BCUT2D eigenvalue weighted by Gasteiger charge is 2.10. The van der Waals surface area contributed by atoms with Crippen LogP contribution in [0.3, 0.4) is 0 Å². The van der Waals surface area contributed by atoms with Crippen LogP contribution in [0.15, 0.2) is 66.2 Å². The van der Waals surface area contributed by atoms with E-state index in [4.69, 9.17) is 0 Å². The number of hydrogen-bond acceptors (Lipinski definition) is 4. The topological polar surface area (TPSA) is 64.8 Å². The molecule has 5 nitrogen and oxygen atoms in total. The molecule has 0 fully saturated rings. The smallest absolute Gasteiger partial charge is 0.192 e. The zero-order valence-electron chi connectivity index (χ0n) is 11.3. The van der Waals surface area contributed by atoms with Crippen LogP contribution in [0.1, 0.15) is 0 Å². The summed E-state index contributed by atoms with van der Waals surface area (Å²) in [5.74, 6) is 0. The molecule has 6 heteroatoms. The molecule has 0 unspecified atom stereocenters. The van der Waals surface area contributed by atoms with Crippen molar-refractivity contribution in [2.75, 3.05) is 6.26 Å². The molecular weight excluding hydrogens is 286 g/mol. The van der Waals surface area contributed by atoms with Gasteiger partial charge in [-0.25, -0.2) is 18.4 Å². The first-order chi connectivity index (χ1) is 10.1. The normalized spacial score (nSPS) is 11.5. The van der Waals surface area contributed by atoms with E-state index in [0.717, 1.165) is 23.2 Å². The van der Waals surface area contributed by atoms with Crippen molar-refractivity contribution in [2.45, 2.75) is 5.03 Å². The molecule has 0 bridgehead atoms. The van der Waals surface area contributed by atoms with Crippen molar-refractivity contribution in [3.8, 4) is 16.9 Å². The third kappa shape index (κ3) is 2.71. The number of nitrogens with zero attached hydrogens (tertiary/aromatic N) is 3. The lowest BCUT2D eigenvalue weighted by Crippen LogP contribution is -2.02. The molecule has 0 saturated carbocycles. The standard InChI is InChI=1S/C15H13N3O2S/c1-21(19,20)15-8-7-13(9-17-15)18-11-16-10-14(18)12-5-3-2-4-6-12/h2-11H,1H3. The average Bonchev–Trinajstić information content (AvgIpc) is 2.97. The summed E-state index contributed by atoms with van der Waals surface area (Å²) in [6, 6.07) is 13.1. The van der Waals surface area contributed by atoms with Crippen molar-refractivity contribution in [2.24, 2.45) is 0 Å². The first kappa shape index (κ1) is 13.5. The Hall–Kier alpha value is -2.47. The molecular formula is C15H13N3O2S. The van der Waals surface area contributed by atoms with Gasteiger partial charge in [0, 0.05) is 11.8 Å². The molecule has 0 radical (unpaired) electrons. The Labute approximate surface area is 122 Å². The van der Waals surface area contributed by atoms with E-state index >= 15 is 0 Å². The van der Waals surface area contributed by atoms with E-state index in [2.05, 4.69) is 9.97 Å². The second-order valence-corrected chi connectivity index (χ2v) is 6.60. The molecule has 0 N–H and O–H groups in total. The third-order valence-electron chi connectivity index (χ3n) is 3.09. The van der Waals surface area contributed by atoms with Gasteiger partial charge >= 0.3 is 0 Å². The van der Waals surface area contributed by atoms with Gasteiger partial charge in [0.2, 0.25) is 0 Å².